The highest BCUT2D eigenvalue weighted by Gasteiger charge is 2.39. The van der Waals surface area contributed by atoms with Gasteiger partial charge in [0.05, 0.1) is 5.75 Å². The van der Waals surface area contributed by atoms with Crippen molar-refractivity contribution in [1.29, 1.82) is 0 Å². The van der Waals surface area contributed by atoms with Crippen molar-refractivity contribution in [1.82, 2.24) is 4.39 Å². The molecule has 9 nitrogen and oxygen atoms in total. The molecule has 108 valence electrons. The number of nitrogens with one attached hydrogen (secondary N) is 1. The van der Waals surface area contributed by atoms with Crippen LogP contribution in [0.25, 0.3) is 20.9 Å². The molecule has 1 N–H and O–H groups in total. The predicted molar refractivity (Wildman–Crippen MR) is 76.2 cm³/mol. The first-order valence-corrected chi connectivity index (χ1v) is 10.2. The van der Waals surface area contributed by atoms with Gasteiger partial charge >= 0.3 is 0 Å². The third-order valence-electron chi connectivity index (χ3n) is 3.02. The van der Waals surface area contributed by atoms with Crippen molar-refractivity contribution in [2.24, 2.45) is 10.2 Å². The van der Waals surface area contributed by atoms with E-state index < -0.39 is 30.2 Å². The van der Waals surface area contributed by atoms with Crippen molar-refractivity contribution in [2.75, 3.05) is 5.75 Å². The Hall–Kier alpha value is -1.25. The van der Waals surface area contributed by atoms with Gasteiger partial charge in [-0.25, -0.2) is 12.8 Å². The molecule has 11 heteroatoms. The number of sulfonamides is 1. The van der Waals surface area contributed by atoms with Crippen LogP contribution in [0.1, 0.15) is 20.8 Å². The van der Waals surface area contributed by atoms with Crippen LogP contribution in [0, 0.1) is 0 Å². The van der Waals surface area contributed by atoms with Crippen LogP contribution in [0.2, 0.25) is 18.1 Å². The van der Waals surface area contributed by atoms with Crippen LogP contribution in [0.15, 0.2) is 10.2 Å². The third-order valence-corrected chi connectivity index (χ3v) is 10.8. The van der Waals surface area contributed by atoms with Crippen LogP contribution in [0.4, 0.5) is 0 Å². The Kier molecular flexibility index (Phi) is 5.85. The Bertz CT molecular complexity index is 494. The maximum Gasteiger partial charge on any atom is 0.206 e. The largest absolute Gasteiger partial charge is 0.237 e. The molecule has 0 heterocycles. The first-order chi connectivity index (χ1) is 8.45. The van der Waals surface area contributed by atoms with Gasteiger partial charge in [-0.2, -0.15) is 0 Å². The molecule has 0 rings (SSSR count). The number of hydrogen-bond acceptors (Lipinski definition) is 4. The Balaban J connectivity index is 5.11. The molecule has 0 aliphatic carbocycles. The molecule has 0 aromatic carbocycles. The molecular weight excluding hydrogens is 286 g/mol. The van der Waals surface area contributed by atoms with Crippen molar-refractivity contribution in [3.8, 4) is 0 Å². The van der Waals surface area contributed by atoms with E-state index in [2.05, 4.69) is 24.4 Å². The molecule has 0 unspecified atom stereocenters. The maximum absolute atomic E-state index is 12.0. The maximum atomic E-state index is 12.0. The molecular formula is C8H19N7O2SSi. The lowest BCUT2D eigenvalue weighted by Gasteiger charge is -2.36. The summed E-state index contributed by atoms with van der Waals surface area (Å²) in [5, 5.41) is 6.12. The van der Waals surface area contributed by atoms with Crippen LogP contribution >= 0.6 is 0 Å². The fourth-order valence-electron chi connectivity index (χ4n) is 0.989. The molecule has 0 spiro atoms. The van der Waals surface area contributed by atoms with Gasteiger partial charge in [-0.05, 0) is 16.1 Å². The summed E-state index contributed by atoms with van der Waals surface area (Å²) in [6.45, 7) is 9.65. The van der Waals surface area contributed by atoms with Crippen LogP contribution in [0.5, 0.6) is 0 Å². The Labute approximate surface area is 113 Å². The summed E-state index contributed by atoms with van der Waals surface area (Å²) in [5.74, 6) is -0.548. The second-order valence-electron chi connectivity index (χ2n) is 5.65. The standard InChI is InChI=1S/C8H19N7O2SSi/c1-8(2,3)19(4,5)15-18(16,17)6-7(11-13-9)12-14-10/h7,15H,6H2,1-5H3. The van der Waals surface area contributed by atoms with E-state index in [0.29, 0.717) is 0 Å². The Morgan fingerprint density at radius 1 is 1.21 bits per heavy atom. The van der Waals surface area contributed by atoms with Crippen molar-refractivity contribution >= 4 is 18.3 Å². The SMILES string of the molecule is CC(C)(C)[Si](C)(C)NS(=O)(=O)CC(N=[N+]=[N-])N=[N+]=[N-]. The zero-order valence-electron chi connectivity index (χ0n) is 11.7. The summed E-state index contributed by atoms with van der Waals surface area (Å²) < 4.78 is 26.7. The third kappa shape index (κ3) is 5.95. The smallest absolute Gasteiger partial charge is 0.206 e. The lowest BCUT2D eigenvalue weighted by molar-refractivity contribution is 0.581. The predicted octanol–water partition coefficient (Wildman–Crippen LogP) is 2.86. The van der Waals surface area contributed by atoms with Gasteiger partial charge in [0.1, 0.15) is 14.4 Å². The average molecular weight is 305 g/mol. The summed E-state index contributed by atoms with van der Waals surface area (Å²) in [4.78, 5) is 4.93. The van der Waals surface area contributed by atoms with Gasteiger partial charge in [-0.3, -0.25) is 0 Å². The molecule has 0 radical (unpaired) electrons. The highest BCUT2D eigenvalue weighted by molar-refractivity contribution is 7.91. The van der Waals surface area contributed by atoms with Crippen LogP contribution in [-0.4, -0.2) is 28.6 Å². The van der Waals surface area contributed by atoms with E-state index >= 15 is 0 Å². The van der Waals surface area contributed by atoms with E-state index in [1.165, 1.54) is 0 Å². The quantitative estimate of drug-likeness (QED) is 0.348. The van der Waals surface area contributed by atoms with Crippen molar-refractivity contribution in [2.45, 2.75) is 45.1 Å². The molecule has 0 fully saturated rings. The number of hydrogen-bond donors (Lipinski definition) is 1. The van der Waals surface area contributed by atoms with Crippen molar-refractivity contribution in [3.63, 3.8) is 0 Å². The van der Waals surface area contributed by atoms with Gasteiger partial charge in [0.2, 0.25) is 10.0 Å². The lowest BCUT2D eigenvalue weighted by Crippen LogP contribution is -2.55. The summed E-state index contributed by atoms with van der Waals surface area (Å²) in [6.07, 6.45) is -1.28. The topological polar surface area (TPSA) is 144 Å². The Morgan fingerprint density at radius 3 is 1.95 bits per heavy atom. The fraction of sp³-hybridized carbons (Fsp3) is 1.00. The molecule has 0 atom stereocenters. The lowest BCUT2D eigenvalue weighted by atomic mass is 10.2. The molecule has 0 aliphatic heterocycles. The van der Waals surface area contributed by atoms with Gasteiger partial charge in [0.25, 0.3) is 0 Å². The van der Waals surface area contributed by atoms with E-state index in [-0.39, 0.29) is 5.04 Å². The van der Waals surface area contributed by atoms with E-state index in [9.17, 15) is 8.42 Å². The van der Waals surface area contributed by atoms with Gasteiger partial charge in [0, 0.05) is 9.82 Å². The summed E-state index contributed by atoms with van der Waals surface area (Å²) in [5.41, 5.74) is 16.6. The Morgan fingerprint density at radius 2 is 1.63 bits per heavy atom. The highest BCUT2D eigenvalue weighted by Crippen LogP contribution is 2.34. The highest BCUT2D eigenvalue weighted by atomic mass is 32.2. The molecule has 0 aromatic heterocycles. The number of azide groups is 1. The molecule has 19 heavy (non-hydrogen) atoms. The summed E-state index contributed by atoms with van der Waals surface area (Å²) in [7, 11) is -5.94. The van der Waals surface area contributed by atoms with E-state index in [1.54, 1.807) is 0 Å². The van der Waals surface area contributed by atoms with E-state index in [1.807, 2.05) is 33.9 Å². The first-order valence-electron chi connectivity index (χ1n) is 5.55. The first kappa shape index (κ1) is 17.7. The molecule has 0 aromatic rings. The minimum absolute atomic E-state index is 0.174. The van der Waals surface area contributed by atoms with Gasteiger partial charge in [-0.15, -0.1) is 0 Å². The summed E-state index contributed by atoms with van der Waals surface area (Å²) >= 11 is 0. The zero-order chi connectivity index (χ0) is 15.3. The molecule has 0 saturated heterocycles. The van der Waals surface area contributed by atoms with Crippen LogP contribution in [-0.2, 0) is 10.0 Å². The zero-order valence-corrected chi connectivity index (χ0v) is 13.5. The van der Waals surface area contributed by atoms with Crippen LogP contribution in [0.3, 0.4) is 0 Å². The van der Waals surface area contributed by atoms with Crippen molar-refractivity contribution in [3.05, 3.63) is 20.9 Å². The molecule has 0 bridgehead atoms. The number of rotatable bonds is 6. The second-order valence-corrected chi connectivity index (χ2v) is 12.8. The van der Waals surface area contributed by atoms with Gasteiger partial charge in [-0.1, -0.05) is 44.1 Å². The monoisotopic (exact) mass is 305 g/mol. The molecule has 0 saturated carbocycles. The van der Waals surface area contributed by atoms with Gasteiger partial charge < -0.3 is 0 Å². The number of nitrogens with zero attached hydrogens (tertiary/aromatic N) is 6. The molecule has 0 amide bonds. The van der Waals surface area contributed by atoms with Crippen LogP contribution < -0.4 is 4.39 Å². The van der Waals surface area contributed by atoms with Gasteiger partial charge in [0.15, 0.2) is 0 Å². The molecule has 0 aliphatic rings. The minimum atomic E-state index is -3.68. The minimum Gasteiger partial charge on any atom is -0.237 e. The normalized spacial score (nSPS) is 14.2. The fourth-order valence-corrected chi connectivity index (χ4v) is 6.18. The van der Waals surface area contributed by atoms with E-state index in [0.717, 1.165) is 0 Å². The average Bonchev–Trinajstić information content (AvgIpc) is 2.13. The second kappa shape index (κ2) is 6.26. The summed E-state index contributed by atoms with van der Waals surface area (Å²) in [6, 6.07) is 0. The van der Waals surface area contributed by atoms with Crippen molar-refractivity contribution < 1.29 is 8.42 Å². The van der Waals surface area contributed by atoms with E-state index in [4.69, 9.17) is 11.1 Å².